The second-order valence-corrected chi connectivity index (χ2v) is 7.86. The van der Waals surface area contributed by atoms with E-state index in [2.05, 4.69) is 52.0 Å². The molecule has 1 heterocycles. The molecular weight excluding hydrogens is 275 g/mol. The van der Waals surface area contributed by atoms with Gasteiger partial charge in [-0.1, -0.05) is 37.1 Å². The van der Waals surface area contributed by atoms with E-state index < -0.39 is 0 Å². The Bertz CT molecular complexity index is 514. The van der Waals surface area contributed by atoms with Crippen LogP contribution in [-0.2, 0) is 14.7 Å². The molecule has 0 radical (unpaired) electrons. The number of benzene rings is 1. The zero-order chi connectivity index (χ0) is 16.0. The van der Waals surface area contributed by atoms with Crippen LogP contribution in [0.25, 0.3) is 0 Å². The molecule has 1 aromatic carbocycles. The Morgan fingerprint density at radius 2 is 1.45 bits per heavy atom. The predicted octanol–water partition coefficient (Wildman–Crippen LogP) is 2.79. The van der Waals surface area contributed by atoms with Gasteiger partial charge in [0.1, 0.15) is 0 Å². The first kappa shape index (κ1) is 16.0. The van der Waals surface area contributed by atoms with Gasteiger partial charge in [-0.2, -0.15) is 0 Å². The third-order valence-corrected chi connectivity index (χ3v) is 5.91. The zero-order valence-electron chi connectivity index (χ0n) is 14.2. The molecule has 3 nitrogen and oxygen atoms in total. The van der Waals surface area contributed by atoms with E-state index in [1.165, 1.54) is 18.4 Å². The second kappa shape index (κ2) is 5.36. The Labute approximate surface area is 134 Å². The van der Waals surface area contributed by atoms with Crippen molar-refractivity contribution < 1.29 is 14.4 Å². The highest BCUT2D eigenvalue weighted by molar-refractivity contribution is 6.62. The largest absolute Gasteiger partial charge is 0.494 e. The van der Waals surface area contributed by atoms with Gasteiger partial charge in [-0.3, -0.25) is 0 Å². The molecule has 4 heteroatoms. The minimum absolute atomic E-state index is 0.0333. The lowest BCUT2D eigenvalue weighted by Gasteiger charge is -2.32. The summed E-state index contributed by atoms with van der Waals surface area (Å²) in [5.41, 5.74) is 1.64. The van der Waals surface area contributed by atoms with Gasteiger partial charge in [0.2, 0.25) is 0 Å². The van der Waals surface area contributed by atoms with Crippen LogP contribution in [0, 0.1) is 0 Å². The van der Waals surface area contributed by atoms with E-state index in [0.717, 1.165) is 18.3 Å². The predicted molar refractivity (Wildman–Crippen MR) is 89.4 cm³/mol. The summed E-state index contributed by atoms with van der Waals surface area (Å²) in [5.74, 6) is 0. The van der Waals surface area contributed by atoms with Crippen molar-refractivity contribution >= 4 is 12.6 Å². The topological polar surface area (TPSA) is 38.7 Å². The maximum Gasteiger partial charge on any atom is 0.494 e. The summed E-state index contributed by atoms with van der Waals surface area (Å²) in [4.78, 5) is 0. The molecule has 1 aliphatic heterocycles. The van der Waals surface area contributed by atoms with E-state index in [4.69, 9.17) is 9.31 Å². The summed E-state index contributed by atoms with van der Waals surface area (Å²) in [6.45, 7) is 8.52. The van der Waals surface area contributed by atoms with E-state index in [9.17, 15) is 5.11 Å². The number of hydrogen-bond donors (Lipinski definition) is 1. The lowest BCUT2D eigenvalue weighted by Crippen LogP contribution is -2.41. The maximum absolute atomic E-state index is 9.84. The number of hydrogen-bond acceptors (Lipinski definition) is 3. The van der Waals surface area contributed by atoms with E-state index >= 15 is 0 Å². The fraction of sp³-hybridized carbons (Fsp3) is 0.667. The van der Waals surface area contributed by atoms with Crippen LogP contribution in [0.1, 0.15) is 58.9 Å². The van der Waals surface area contributed by atoms with Crippen LogP contribution in [0.15, 0.2) is 24.3 Å². The Hall–Kier alpha value is -0.835. The Morgan fingerprint density at radius 1 is 0.955 bits per heavy atom. The van der Waals surface area contributed by atoms with Crippen LogP contribution in [0.3, 0.4) is 0 Å². The molecule has 1 N–H and O–H groups in total. The monoisotopic (exact) mass is 302 g/mol. The van der Waals surface area contributed by atoms with Gasteiger partial charge in [0, 0.05) is 5.41 Å². The second-order valence-electron chi connectivity index (χ2n) is 7.86. The molecule has 2 fully saturated rings. The smallest absolute Gasteiger partial charge is 0.399 e. The molecule has 3 rings (SSSR count). The van der Waals surface area contributed by atoms with Gasteiger partial charge in [-0.25, -0.2) is 0 Å². The van der Waals surface area contributed by atoms with Crippen molar-refractivity contribution in [2.45, 2.75) is 70.0 Å². The number of rotatable bonds is 3. The highest BCUT2D eigenvalue weighted by atomic mass is 16.7. The fourth-order valence-electron chi connectivity index (χ4n) is 3.56. The molecule has 0 spiro atoms. The molecule has 0 amide bonds. The third-order valence-electron chi connectivity index (χ3n) is 5.91. The van der Waals surface area contributed by atoms with Crippen molar-refractivity contribution in [3.05, 3.63) is 29.8 Å². The lowest BCUT2D eigenvalue weighted by molar-refractivity contribution is 0.00578. The molecular formula is C18H27BO3. The van der Waals surface area contributed by atoms with E-state index in [0.29, 0.717) is 0 Å². The van der Waals surface area contributed by atoms with Crippen LogP contribution in [0.4, 0.5) is 0 Å². The van der Waals surface area contributed by atoms with Gasteiger partial charge in [0.25, 0.3) is 0 Å². The van der Waals surface area contributed by atoms with Crippen LogP contribution < -0.4 is 5.46 Å². The van der Waals surface area contributed by atoms with Crippen LogP contribution in [-0.4, -0.2) is 30.0 Å². The maximum atomic E-state index is 9.84. The summed E-state index contributed by atoms with van der Waals surface area (Å²) in [6.07, 6.45) is 4.58. The average molecular weight is 302 g/mol. The number of aliphatic hydroxyl groups is 1. The van der Waals surface area contributed by atoms with Gasteiger partial charge >= 0.3 is 7.12 Å². The Morgan fingerprint density at radius 3 is 1.91 bits per heavy atom. The first-order valence-corrected chi connectivity index (χ1v) is 8.37. The van der Waals surface area contributed by atoms with Crippen molar-refractivity contribution in [3.63, 3.8) is 0 Å². The molecule has 0 bridgehead atoms. The number of aliphatic hydroxyl groups excluding tert-OH is 1. The van der Waals surface area contributed by atoms with Crippen LogP contribution in [0.5, 0.6) is 0 Å². The van der Waals surface area contributed by atoms with Crippen molar-refractivity contribution in [3.8, 4) is 0 Å². The highest BCUT2D eigenvalue weighted by Gasteiger charge is 2.51. The summed E-state index contributed by atoms with van der Waals surface area (Å²) in [7, 11) is -0.312. The summed E-state index contributed by atoms with van der Waals surface area (Å²) in [5, 5.41) is 9.84. The van der Waals surface area contributed by atoms with Crippen molar-refractivity contribution in [1.29, 1.82) is 0 Å². The fourth-order valence-corrected chi connectivity index (χ4v) is 3.56. The van der Waals surface area contributed by atoms with Crippen LogP contribution in [0.2, 0.25) is 0 Å². The normalized spacial score (nSPS) is 25.6. The molecule has 0 aromatic heterocycles. The first-order chi connectivity index (χ1) is 10.3. The molecule has 2 aliphatic rings. The van der Waals surface area contributed by atoms with Crippen molar-refractivity contribution in [1.82, 2.24) is 0 Å². The van der Waals surface area contributed by atoms with Crippen molar-refractivity contribution in [2.75, 3.05) is 6.61 Å². The molecule has 1 aliphatic carbocycles. The lowest BCUT2D eigenvalue weighted by atomic mass is 9.75. The van der Waals surface area contributed by atoms with Gasteiger partial charge in [-0.05, 0) is 51.6 Å². The molecule has 120 valence electrons. The van der Waals surface area contributed by atoms with E-state index in [-0.39, 0.29) is 30.3 Å². The third kappa shape index (κ3) is 2.51. The summed E-state index contributed by atoms with van der Waals surface area (Å²) < 4.78 is 12.2. The average Bonchev–Trinajstić information content (AvgIpc) is 3.03. The molecule has 1 aromatic rings. The van der Waals surface area contributed by atoms with Crippen LogP contribution >= 0.6 is 0 Å². The molecule has 1 saturated carbocycles. The first-order valence-electron chi connectivity index (χ1n) is 8.37. The SMILES string of the molecule is CC1(C)OB(c2ccc(C3(CO)CCCC3)cc2)OC1(C)C. The summed E-state index contributed by atoms with van der Waals surface area (Å²) >= 11 is 0. The van der Waals surface area contributed by atoms with Gasteiger partial charge in [0.15, 0.2) is 0 Å². The molecule has 22 heavy (non-hydrogen) atoms. The quantitative estimate of drug-likeness (QED) is 0.873. The minimum atomic E-state index is -0.312. The van der Waals surface area contributed by atoms with Gasteiger partial charge < -0.3 is 14.4 Å². The summed E-state index contributed by atoms with van der Waals surface area (Å²) in [6, 6.07) is 8.46. The van der Waals surface area contributed by atoms with E-state index in [1.807, 2.05) is 0 Å². The molecule has 0 atom stereocenters. The Kier molecular flexibility index (Phi) is 3.91. The van der Waals surface area contributed by atoms with Crippen molar-refractivity contribution in [2.24, 2.45) is 0 Å². The highest BCUT2D eigenvalue weighted by Crippen LogP contribution is 2.41. The zero-order valence-corrected chi connectivity index (χ0v) is 14.2. The molecule has 1 saturated heterocycles. The minimum Gasteiger partial charge on any atom is -0.399 e. The van der Waals surface area contributed by atoms with E-state index in [1.54, 1.807) is 0 Å². The Balaban J connectivity index is 1.81. The van der Waals surface area contributed by atoms with Gasteiger partial charge in [0.05, 0.1) is 17.8 Å². The standard InChI is InChI=1S/C18H27BO3/c1-16(2)17(3,4)22-19(21-16)15-9-7-14(8-10-15)18(13-20)11-5-6-12-18/h7-10,20H,5-6,11-13H2,1-4H3. The van der Waals surface area contributed by atoms with Gasteiger partial charge in [-0.15, -0.1) is 0 Å². The molecule has 0 unspecified atom stereocenters.